The van der Waals surface area contributed by atoms with E-state index in [4.69, 9.17) is 10.8 Å². The number of imidazole rings is 1. The van der Waals surface area contributed by atoms with Crippen LogP contribution in [0.1, 0.15) is 5.69 Å². The molecule has 7 heteroatoms. The van der Waals surface area contributed by atoms with Crippen LogP contribution in [-0.2, 0) is 16.0 Å². The van der Waals surface area contributed by atoms with E-state index in [1.807, 2.05) is 0 Å². The molecule has 0 aromatic carbocycles. The van der Waals surface area contributed by atoms with Crippen molar-refractivity contribution in [2.45, 2.75) is 12.5 Å². The third-order valence-corrected chi connectivity index (χ3v) is 1.74. The Morgan fingerprint density at radius 1 is 1.73 bits per heavy atom. The maximum Gasteiger partial charge on any atom is 0.326 e. The van der Waals surface area contributed by atoms with Gasteiger partial charge in [-0.25, -0.2) is 9.78 Å². The van der Waals surface area contributed by atoms with Crippen LogP contribution in [0.15, 0.2) is 12.5 Å². The lowest BCUT2D eigenvalue weighted by molar-refractivity contribution is -0.141. The van der Waals surface area contributed by atoms with Crippen LogP contribution >= 0.6 is 0 Å². The van der Waals surface area contributed by atoms with E-state index in [0.717, 1.165) is 6.54 Å². The third-order valence-electron chi connectivity index (χ3n) is 1.74. The Balaban J connectivity index is 2.59. The van der Waals surface area contributed by atoms with Gasteiger partial charge in [0.05, 0.1) is 6.33 Å². The van der Waals surface area contributed by atoms with Crippen LogP contribution in [0, 0.1) is 6.54 Å². The molecule has 1 unspecified atom stereocenters. The first-order valence-corrected chi connectivity index (χ1v) is 4.19. The Hall–Kier alpha value is -1.89. The number of H-pyrrole nitrogens is 1. The summed E-state index contributed by atoms with van der Waals surface area (Å²) in [6.45, 7) is 0.781. The maximum atomic E-state index is 10.9. The molecule has 1 atom stereocenters. The Labute approximate surface area is 85.7 Å². The van der Waals surface area contributed by atoms with E-state index in [2.05, 4.69) is 15.3 Å². The largest absolute Gasteiger partial charge is 0.480 e. The number of aliphatic carboxylic acids is 1. The Morgan fingerprint density at radius 2 is 2.47 bits per heavy atom. The first-order chi connectivity index (χ1) is 7.13. The second-order valence-electron chi connectivity index (χ2n) is 2.85. The van der Waals surface area contributed by atoms with Gasteiger partial charge in [0.15, 0.2) is 0 Å². The first kappa shape index (κ1) is 11.2. The van der Waals surface area contributed by atoms with E-state index in [1.54, 1.807) is 0 Å². The summed E-state index contributed by atoms with van der Waals surface area (Å²) in [5, 5.41) is 11.1. The molecule has 7 nitrogen and oxygen atoms in total. The third kappa shape index (κ3) is 3.39. The number of carbonyl (C=O) groups excluding carboxylic acids is 1. The van der Waals surface area contributed by atoms with Gasteiger partial charge in [0.25, 0.3) is 0 Å². The van der Waals surface area contributed by atoms with E-state index in [9.17, 15) is 9.59 Å². The van der Waals surface area contributed by atoms with E-state index < -0.39 is 17.9 Å². The molecule has 1 aromatic rings. The summed E-state index contributed by atoms with van der Waals surface area (Å²) < 4.78 is 0. The number of nitrogens with zero attached hydrogens (tertiary/aromatic N) is 1. The first-order valence-electron chi connectivity index (χ1n) is 4.19. The number of carbonyl (C=O) groups is 2. The number of nitrogens with one attached hydrogen (secondary N) is 2. The predicted octanol–water partition coefficient (Wildman–Crippen LogP) is -1.36. The number of aromatic nitrogens is 2. The van der Waals surface area contributed by atoms with Crippen LogP contribution in [0.3, 0.4) is 0 Å². The molecule has 1 radical (unpaired) electrons. The molecule has 0 saturated heterocycles. The second kappa shape index (κ2) is 5.11. The standard InChI is InChI=1S/C8H11N4O3/c9-2-7(13)12-6(8(14)15)1-5-3-10-4-11-5/h2-4,6H,1,9H2,(H,10,11)(H,12,13)(H,14,15). The SMILES string of the molecule is N[CH]C(=O)NC(Cc1cnc[nH]1)C(=O)O. The van der Waals surface area contributed by atoms with Crippen molar-refractivity contribution in [1.82, 2.24) is 15.3 Å². The second-order valence-corrected chi connectivity index (χ2v) is 2.85. The predicted molar refractivity (Wildman–Crippen MR) is 50.3 cm³/mol. The zero-order chi connectivity index (χ0) is 11.3. The maximum absolute atomic E-state index is 10.9. The smallest absolute Gasteiger partial charge is 0.326 e. The molecule has 0 aliphatic carbocycles. The average molecular weight is 211 g/mol. The molecule has 0 fully saturated rings. The fourth-order valence-corrected chi connectivity index (χ4v) is 1.04. The zero-order valence-electron chi connectivity index (χ0n) is 7.80. The van der Waals surface area contributed by atoms with Crippen LogP contribution in [0.2, 0.25) is 0 Å². The van der Waals surface area contributed by atoms with Crippen molar-refractivity contribution in [1.29, 1.82) is 0 Å². The minimum atomic E-state index is -1.13. The molecule has 1 heterocycles. The summed E-state index contributed by atoms with van der Waals surface area (Å²) in [5.41, 5.74) is 5.57. The lowest BCUT2D eigenvalue weighted by Gasteiger charge is -2.12. The van der Waals surface area contributed by atoms with Crippen LogP contribution in [0.25, 0.3) is 0 Å². The molecule has 0 saturated carbocycles. The molecule has 0 spiro atoms. The van der Waals surface area contributed by atoms with Gasteiger partial charge >= 0.3 is 5.97 Å². The van der Waals surface area contributed by atoms with Gasteiger partial charge in [-0.05, 0) is 0 Å². The summed E-state index contributed by atoms with van der Waals surface area (Å²) in [6, 6.07) is -1.02. The molecule has 0 aliphatic heterocycles. The van der Waals surface area contributed by atoms with Gasteiger partial charge in [-0.2, -0.15) is 0 Å². The van der Waals surface area contributed by atoms with Gasteiger partial charge in [-0.3, -0.25) is 4.79 Å². The van der Waals surface area contributed by atoms with E-state index in [0.29, 0.717) is 5.69 Å². The molecule has 1 rings (SSSR count). The molecule has 0 bridgehead atoms. The summed E-state index contributed by atoms with van der Waals surface area (Å²) in [6.07, 6.45) is 3.06. The van der Waals surface area contributed by atoms with E-state index in [-0.39, 0.29) is 6.42 Å². The summed E-state index contributed by atoms with van der Waals surface area (Å²) in [5.74, 6) is -1.75. The fraction of sp³-hybridized carbons (Fsp3) is 0.250. The average Bonchev–Trinajstić information content (AvgIpc) is 2.69. The highest BCUT2D eigenvalue weighted by Gasteiger charge is 2.20. The lowest BCUT2D eigenvalue weighted by atomic mass is 10.1. The highest BCUT2D eigenvalue weighted by atomic mass is 16.4. The highest BCUT2D eigenvalue weighted by Crippen LogP contribution is 1.98. The van der Waals surface area contributed by atoms with Gasteiger partial charge in [-0.15, -0.1) is 0 Å². The number of rotatable bonds is 5. The number of amides is 1. The quantitative estimate of drug-likeness (QED) is 0.479. The Kier molecular flexibility index (Phi) is 3.81. The minimum Gasteiger partial charge on any atom is -0.480 e. The van der Waals surface area contributed by atoms with Gasteiger partial charge in [0, 0.05) is 18.3 Å². The Morgan fingerprint density at radius 3 is 2.93 bits per heavy atom. The van der Waals surface area contributed by atoms with Crippen molar-refractivity contribution in [3.8, 4) is 0 Å². The normalized spacial score (nSPS) is 12.1. The molecular weight excluding hydrogens is 200 g/mol. The molecule has 5 N–H and O–H groups in total. The van der Waals surface area contributed by atoms with Gasteiger partial charge < -0.3 is 21.1 Å². The number of hydrogen-bond acceptors (Lipinski definition) is 4. The van der Waals surface area contributed by atoms with Crippen molar-refractivity contribution in [3.63, 3.8) is 0 Å². The van der Waals surface area contributed by atoms with Gasteiger partial charge in [-0.1, -0.05) is 0 Å². The van der Waals surface area contributed by atoms with Crippen molar-refractivity contribution in [2.24, 2.45) is 5.73 Å². The van der Waals surface area contributed by atoms with Crippen molar-refractivity contribution >= 4 is 11.9 Å². The molecule has 1 amide bonds. The van der Waals surface area contributed by atoms with Gasteiger partial charge in [0.1, 0.15) is 12.6 Å². The van der Waals surface area contributed by atoms with Crippen LogP contribution < -0.4 is 11.1 Å². The molecule has 1 aromatic heterocycles. The van der Waals surface area contributed by atoms with Crippen LogP contribution in [0.5, 0.6) is 0 Å². The van der Waals surface area contributed by atoms with E-state index in [1.165, 1.54) is 12.5 Å². The fourth-order valence-electron chi connectivity index (χ4n) is 1.04. The molecule has 15 heavy (non-hydrogen) atoms. The summed E-state index contributed by atoms with van der Waals surface area (Å²) in [7, 11) is 0. The van der Waals surface area contributed by atoms with Crippen molar-refractivity contribution in [3.05, 3.63) is 24.8 Å². The zero-order valence-corrected chi connectivity index (χ0v) is 7.80. The van der Waals surface area contributed by atoms with Crippen LogP contribution in [-0.4, -0.2) is 33.0 Å². The summed E-state index contributed by atoms with van der Waals surface area (Å²) >= 11 is 0. The van der Waals surface area contributed by atoms with Crippen molar-refractivity contribution in [2.75, 3.05) is 0 Å². The molecule has 0 aliphatic rings. The molecular formula is C8H11N4O3. The summed E-state index contributed by atoms with van der Waals surface area (Å²) in [4.78, 5) is 28.1. The molecule has 81 valence electrons. The number of carboxylic acid groups (broad SMARTS) is 1. The lowest BCUT2D eigenvalue weighted by Crippen LogP contribution is -2.43. The number of nitrogens with two attached hydrogens (primary N) is 1. The topological polar surface area (TPSA) is 121 Å². The number of carboxylic acids is 1. The highest BCUT2D eigenvalue weighted by molar-refractivity contribution is 5.88. The van der Waals surface area contributed by atoms with Crippen LogP contribution in [0.4, 0.5) is 0 Å². The van der Waals surface area contributed by atoms with Gasteiger partial charge in [0.2, 0.25) is 5.91 Å². The number of aromatic amines is 1. The Bertz CT molecular complexity index is 336. The number of hydrogen-bond donors (Lipinski definition) is 4. The van der Waals surface area contributed by atoms with Crippen molar-refractivity contribution < 1.29 is 14.7 Å². The van der Waals surface area contributed by atoms with E-state index >= 15 is 0 Å². The minimum absolute atomic E-state index is 0.134. The monoisotopic (exact) mass is 211 g/mol.